The minimum absolute atomic E-state index is 0.869. The van der Waals surface area contributed by atoms with Crippen LogP contribution in [0.15, 0.2) is 79.4 Å². The SMILES string of the molecule is C=Cc1ccc(N2c3ccccc3Oc3ccccc32)cc1. The van der Waals surface area contributed by atoms with E-state index in [0.717, 1.165) is 34.1 Å². The molecule has 1 heterocycles. The van der Waals surface area contributed by atoms with E-state index < -0.39 is 0 Å². The smallest absolute Gasteiger partial charge is 0.151 e. The van der Waals surface area contributed by atoms with E-state index in [2.05, 4.69) is 47.9 Å². The minimum atomic E-state index is 0.869. The van der Waals surface area contributed by atoms with Crippen molar-refractivity contribution >= 4 is 23.1 Å². The summed E-state index contributed by atoms with van der Waals surface area (Å²) < 4.78 is 6.02. The summed E-state index contributed by atoms with van der Waals surface area (Å²) in [4.78, 5) is 2.22. The van der Waals surface area contributed by atoms with E-state index in [1.165, 1.54) is 0 Å². The molecule has 0 saturated carbocycles. The number of hydrogen-bond donors (Lipinski definition) is 0. The molecule has 0 bridgehead atoms. The lowest BCUT2D eigenvalue weighted by atomic mass is 10.1. The highest BCUT2D eigenvalue weighted by molar-refractivity contribution is 5.86. The molecule has 0 aliphatic carbocycles. The summed E-state index contributed by atoms with van der Waals surface area (Å²) in [5.41, 5.74) is 4.31. The monoisotopic (exact) mass is 285 g/mol. The fraction of sp³-hybridized carbons (Fsp3) is 0. The zero-order valence-electron chi connectivity index (χ0n) is 12.1. The molecule has 1 aliphatic heterocycles. The Morgan fingerprint density at radius 2 is 1.27 bits per heavy atom. The van der Waals surface area contributed by atoms with E-state index in [0.29, 0.717) is 0 Å². The van der Waals surface area contributed by atoms with E-state index in [4.69, 9.17) is 4.74 Å². The molecular formula is C20H15NO. The first-order valence-electron chi connectivity index (χ1n) is 7.25. The molecule has 0 fully saturated rings. The van der Waals surface area contributed by atoms with E-state index >= 15 is 0 Å². The third-order valence-corrected chi connectivity index (χ3v) is 3.82. The van der Waals surface area contributed by atoms with Crippen LogP contribution in [0, 0.1) is 0 Å². The second-order valence-electron chi connectivity index (χ2n) is 5.17. The van der Waals surface area contributed by atoms with Crippen LogP contribution in [-0.2, 0) is 0 Å². The summed E-state index contributed by atoms with van der Waals surface area (Å²) in [7, 11) is 0. The van der Waals surface area contributed by atoms with E-state index in [9.17, 15) is 0 Å². The molecule has 0 aromatic heterocycles. The first-order chi connectivity index (χ1) is 10.9. The van der Waals surface area contributed by atoms with Gasteiger partial charge in [-0.1, -0.05) is 49.1 Å². The lowest BCUT2D eigenvalue weighted by molar-refractivity contribution is 0.477. The van der Waals surface area contributed by atoms with E-state index in [1.807, 2.05) is 42.5 Å². The van der Waals surface area contributed by atoms with E-state index in [-0.39, 0.29) is 0 Å². The maximum absolute atomic E-state index is 6.02. The molecule has 0 spiro atoms. The highest BCUT2D eigenvalue weighted by atomic mass is 16.5. The summed E-state index contributed by atoms with van der Waals surface area (Å²) >= 11 is 0. The van der Waals surface area contributed by atoms with Gasteiger partial charge in [-0.3, -0.25) is 0 Å². The van der Waals surface area contributed by atoms with Crippen molar-refractivity contribution in [1.82, 2.24) is 0 Å². The number of ether oxygens (including phenoxy) is 1. The van der Waals surface area contributed by atoms with Gasteiger partial charge in [0.05, 0.1) is 11.4 Å². The number of anilines is 3. The van der Waals surface area contributed by atoms with Gasteiger partial charge >= 0.3 is 0 Å². The van der Waals surface area contributed by atoms with Crippen LogP contribution in [0.25, 0.3) is 6.08 Å². The fourth-order valence-corrected chi connectivity index (χ4v) is 2.74. The van der Waals surface area contributed by atoms with Crippen LogP contribution in [-0.4, -0.2) is 0 Å². The molecule has 4 rings (SSSR count). The third kappa shape index (κ3) is 1.97. The van der Waals surface area contributed by atoms with Gasteiger partial charge < -0.3 is 9.64 Å². The Morgan fingerprint density at radius 1 is 0.727 bits per heavy atom. The van der Waals surface area contributed by atoms with Gasteiger partial charge in [0.15, 0.2) is 11.5 Å². The molecule has 2 nitrogen and oxygen atoms in total. The predicted molar refractivity (Wildman–Crippen MR) is 91.3 cm³/mol. The molecular weight excluding hydrogens is 270 g/mol. The van der Waals surface area contributed by atoms with Crippen molar-refractivity contribution in [2.45, 2.75) is 0 Å². The predicted octanol–water partition coefficient (Wildman–Crippen LogP) is 5.91. The molecule has 3 aromatic rings. The van der Waals surface area contributed by atoms with Crippen molar-refractivity contribution in [3.63, 3.8) is 0 Å². The molecule has 106 valence electrons. The van der Waals surface area contributed by atoms with Crippen LogP contribution in [0.1, 0.15) is 5.56 Å². The van der Waals surface area contributed by atoms with E-state index in [1.54, 1.807) is 0 Å². The van der Waals surface area contributed by atoms with Crippen LogP contribution < -0.4 is 9.64 Å². The number of fused-ring (bicyclic) bond motifs is 2. The van der Waals surface area contributed by atoms with Crippen LogP contribution in [0.4, 0.5) is 17.1 Å². The number of rotatable bonds is 2. The molecule has 0 unspecified atom stereocenters. The molecule has 0 N–H and O–H groups in total. The zero-order valence-corrected chi connectivity index (χ0v) is 12.1. The van der Waals surface area contributed by atoms with Crippen LogP contribution >= 0.6 is 0 Å². The average Bonchev–Trinajstić information content (AvgIpc) is 2.60. The maximum Gasteiger partial charge on any atom is 0.151 e. The number of benzene rings is 3. The Hall–Kier alpha value is -3.00. The molecule has 22 heavy (non-hydrogen) atoms. The van der Waals surface area contributed by atoms with Crippen molar-refractivity contribution in [3.05, 3.63) is 84.9 Å². The highest BCUT2D eigenvalue weighted by Gasteiger charge is 2.24. The normalized spacial score (nSPS) is 12.1. The molecule has 0 radical (unpaired) electrons. The Kier molecular flexibility index (Phi) is 2.94. The molecule has 0 atom stereocenters. The van der Waals surface area contributed by atoms with Crippen LogP contribution in [0.2, 0.25) is 0 Å². The molecule has 2 heteroatoms. The molecule has 0 saturated heterocycles. The van der Waals surface area contributed by atoms with Crippen molar-refractivity contribution in [2.24, 2.45) is 0 Å². The van der Waals surface area contributed by atoms with Gasteiger partial charge in [0, 0.05) is 5.69 Å². The van der Waals surface area contributed by atoms with Crippen molar-refractivity contribution in [1.29, 1.82) is 0 Å². The topological polar surface area (TPSA) is 12.5 Å². The second-order valence-corrected chi connectivity index (χ2v) is 5.17. The largest absolute Gasteiger partial charge is 0.453 e. The second kappa shape index (κ2) is 5.08. The van der Waals surface area contributed by atoms with Crippen LogP contribution in [0.5, 0.6) is 11.5 Å². The number of hydrogen-bond acceptors (Lipinski definition) is 2. The first kappa shape index (κ1) is 12.7. The average molecular weight is 285 g/mol. The molecule has 0 amide bonds. The van der Waals surface area contributed by atoms with Crippen molar-refractivity contribution in [2.75, 3.05) is 4.90 Å². The Labute approximate surface area is 129 Å². The Bertz CT molecular complexity index is 791. The van der Waals surface area contributed by atoms with Gasteiger partial charge in [-0.25, -0.2) is 0 Å². The lowest BCUT2D eigenvalue weighted by Gasteiger charge is -2.32. The van der Waals surface area contributed by atoms with Crippen LogP contribution in [0.3, 0.4) is 0 Å². The summed E-state index contributed by atoms with van der Waals surface area (Å²) in [6.07, 6.45) is 1.85. The highest BCUT2D eigenvalue weighted by Crippen LogP contribution is 2.49. The fourth-order valence-electron chi connectivity index (χ4n) is 2.74. The first-order valence-corrected chi connectivity index (χ1v) is 7.25. The van der Waals surface area contributed by atoms with Gasteiger partial charge in [0.2, 0.25) is 0 Å². The van der Waals surface area contributed by atoms with Gasteiger partial charge in [-0.05, 0) is 42.0 Å². The van der Waals surface area contributed by atoms with Gasteiger partial charge in [0.1, 0.15) is 0 Å². The lowest BCUT2D eigenvalue weighted by Crippen LogP contribution is -2.15. The third-order valence-electron chi connectivity index (χ3n) is 3.82. The summed E-state index contributed by atoms with van der Waals surface area (Å²) in [5, 5.41) is 0. The Balaban J connectivity index is 1.92. The Morgan fingerprint density at radius 3 is 1.82 bits per heavy atom. The van der Waals surface area contributed by atoms with Gasteiger partial charge in [-0.15, -0.1) is 0 Å². The molecule has 3 aromatic carbocycles. The summed E-state index contributed by atoms with van der Waals surface area (Å²) in [5.74, 6) is 1.74. The van der Waals surface area contributed by atoms with Gasteiger partial charge in [0.25, 0.3) is 0 Å². The van der Waals surface area contributed by atoms with Crippen molar-refractivity contribution in [3.8, 4) is 11.5 Å². The molecule has 1 aliphatic rings. The standard InChI is InChI=1S/C20H15NO/c1-2-15-11-13-16(14-12-15)21-17-7-3-5-9-19(17)22-20-10-6-4-8-18(20)21/h2-14H,1H2. The van der Waals surface area contributed by atoms with Gasteiger partial charge in [-0.2, -0.15) is 0 Å². The number of nitrogens with zero attached hydrogens (tertiary/aromatic N) is 1. The quantitative estimate of drug-likeness (QED) is 0.454. The minimum Gasteiger partial charge on any atom is -0.453 e. The summed E-state index contributed by atoms with van der Waals surface area (Å²) in [6, 6.07) is 24.5. The summed E-state index contributed by atoms with van der Waals surface area (Å²) in [6.45, 7) is 3.81. The zero-order chi connectivity index (χ0) is 14.9. The van der Waals surface area contributed by atoms with Crippen molar-refractivity contribution < 1.29 is 4.74 Å². The maximum atomic E-state index is 6.02. The number of para-hydroxylation sites is 4.